The fraction of sp³-hybridized carbons (Fsp3) is 0.850. The summed E-state index contributed by atoms with van der Waals surface area (Å²) in [6.45, 7) is 2.33. The average Bonchev–Trinajstić information content (AvgIpc) is 2.96. The number of carbonyl (C=O) groups excluding carboxylic acids is 1. The van der Waals surface area contributed by atoms with E-state index in [4.69, 9.17) is 9.26 Å². The molecule has 26 heavy (non-hydrogen) atoms. The quantitative estimate of drug-likeness (QED) is 0.167. The van der Waals surface area contributed by atoms with Crippen LogP contribution in [0.15, 0.2) is 12.2 Å². The van der Waals surface area contributed by atoms with E-state index < -0.39 is 13.7 Å². The van der Waals surface area contributed by atoms with Crippen molar-refractivity contribution in [3.63, 3.8) is 0 Å². The molecule has 152 valence electrons. The first-order chi connectivity index (χ1) is 12.5. The predicted molar refractivity (Wildman–Crippen MR) is 105 cm³/mol. The zero-order valence-corrected chi connectivity index (χ0v) is 17.3. The lowest BCUT2D eigenvalue weighted by Crippen LogP contribution is -2.17. The first-order valence-electron chi connectivity index (χ1n) is 10.3. The molecule has 0 aromatic heterocycles. The van der Waals surface area contributed by atoms with Gasteiger partial charge < -0.3 is 14.2 Å². The van der Waals surface area contributed by atoms with Gasteiger partial charge in [-0.15, -0.1) is 0 Å². The van der Waals surface area contributed by atoms with Crippen LogP contribution >= 0.6 is 7.60 Å². The van der Waals surface area contributed by atoms with Crippen molar-refractivity contribution in [2.75, 3.05) is 12.8 Å². The Labute approximate surface area is 159 Å². The molecule has 1 unspecified atom stereocenters. The highest BCUT2D eigenvalue weighted by molar-refractivity contribution is 7.53. The largest absolute Gasteiger partial charge is 0.463 e. The monoisotopic (exact) mass is 388 g/mol. The molecule has 0 aliphatic carbocycles. The van der Waals surface area contributed by atoms with Gasteiger partial charge in [0.25, 0.3) is 0 Å². The lowest BCUT2D eigenvalue weighted by molar-refractivity contribution is -0.146. The third kappa shape index (κ3) is 12.7. The number of unbranched alkanes of at least 4 members (excludes halogenated alkanes) is 9. The van der Waals surface area contributed by atoms with Gasteiger partial charge in [-0.05, 0) is 38.5 Å². The van der Waals surface area contributed by atoms with Crippen LogP contribution in [0.2, 0.25) is 0 Å². The van der Waals surface area contributed by atoms with Crippen molar-refractivity contribution in [1.82, 2.24) is 0 Å². The van der Waals surface area contributed by atoms with Gasteiger partial charge in [0, 0.05) is 6.42 Å². The zero-order valence-electron chi connectivity index (χ0n) is 16.4. The van der Waals surface area contributed by atoms with Crippen LogP contribution in [0.4, 0.5) is 0 Å². The van der Waals surface area contributed by atoms with Crippen molar-refractivity contribution >= 4 is 13.6 Å². The van der Waals surface area contributed by atoms with E-state index in [-0.39, 0.29) is 18.7 Å². The van der Waals surface area contributed by atoms with Crippen LogP contribution in [-0.4, -0.2) is 29.7 Å². The number of allylic oxidation sites excluding steroid dienone is 2. The van der Waals surface area contributed by atoms with Crippen LogP contribution in [0.1, 0.15) is 90.4 Å². The maximum absolute atomic E-state index is 11.6. The van der Waals surface area contributed by atoms with Crippen molar-refractivity contribution in [1.29, 1.82) is 0 Å². The standard InChI is InChI=1S/C20H37O5P/c1-2-3-4-5-6-7-8-9-10-11-12-13-14-15-20(21)24-18-19-16-17-26(22,23)25-19/h7-8,19H,2-6,9-18H2,1H3,(H,22,23)/b8-7-/t19-/m1/s1. The molecule has 2 atom stereocenters. The molecule has 1 rings (SSSR count). The highest BCUT2D eigenvalue weighted by Crippen LogP contribution is 2.50. The SMILES string of the molecule is CCCCCC/C=C\CCCCCCCC(=O)OC[C@H]1CCP(=O)(O)O1. The second-order valence-electron chi connectivity index (χ2n) is 7.19. The third-order valence-electron chi connectivity index (χ3n) is 4.62. The summed E-state index contributed by atoms with van der Waals surface area (Å²) in [5.74, 6) is -0.237. The summed E-state index contributed by atoms with van der Waals surface area (Å²) in [6.07, 6.45) is 18.4. The van der Waals surface area contributed by atoms with Crippen molar-refractivity contribution in [3.8, 4) is 0 Å². The Hall–Kier alpha value is -0.640. The molecule has 0 bridgehead atoms. The molecule has 0 radical (unpaired) electrons. The summed E-state index contributed by atoms with van der Waals surface area (Å²) in [4.78, 5) is 20.9. The van der Waals surface area contributed by atoms with Gasteiger partial charge in [0.05, 0.1) is 6.16 Å². The summed E-state index contributed by atoms with van der Waals surface area (Å²) in [6, 6.07) is 0. The second kappa shape index (κ2) is 14.4. The molecule has 1 fully saturated rings. The maximum Gasteiger partial charge on any atom is 0.328 e. The number of carbonyl (C=O) groups is 1. The molecule has 0 spiro atoms. The maximum atomic E-state index is 11.6. The molecule has 0 aromatic carbocycles. The molecule has 1 N–H and O–H groups in total. The summed E-state index contributed by atoms with van der Waals surface area (Å²) < 4.78 is 21.3. The summed E-state index contributed by atoms with van der Waals surface area (Å²) in [7, 11) is -3.41. The summed E-state index contributed by atoms with van der Waals surface area (Å²) in [5.41, 5.74) is 0. The van der Waals surface area contributed by atoms with Gasteiger partial charge in [-0.3, -0.25) is 9.36 Å². The topological polar surface area (TPSA) is 72.8 Å². The van der Waals surface area contributed by atoms with E-state index in [1.807, 2.05) is 0 Å². The number of esters is 1. The molecule has 5 nitrogen and oxygen atoms in total. The first kappa shape index (κ1) is 23.4. The van der Waals surface area contributed by atoms with Gasteiger partial charge in [-0.1, -0.05) is 57.6 Å². The minimum atomic E-state index is -3.41. The fourth-order valence-corrected chi connectivity index (χ4v) is 4.36. The minimum Gasteiger partial charge on any atom is -0.463 e. The Balaban J connectivity index is 1.84. The van der Waals surface area contributed by atoms with Crippen molar-refractivity contribution < 1.29 is 23.5 Å². The smallest absolute Gasteiger partial charge is 0.328 e. The van der Waals surface area contributed by atoms with E-state index >= 15 is 0 Å². The number of hydrogen-bond donors (Lipinski definition) is 1. The molecular weight excluding hydrogens is 351 g/mol. The Morgan fingerprint density at radius 1 is 1.08 bits per heavy atom. The normalized spacial score (nSPS) is 22.9. The molecular formula is C20H37O5P. The Morgan fingerprint density at radius 3 is 2.31 bits per heavy atom. The summed E-state index contributed by atoms with van der Waals surface area (Å²) in [5, 5.41) is 0. The molecule has 6 heteroatoms. The van der Waals surface area contributed by atoms with Crippen LogP contribution in [0.3, 0.4) is 0 Å². The van der Waals surface area contributed by atoms with Gasteiger partial charge >= 0.3 is 13.6 Å². The number of hydrogen-bond acceptors (Lipinski definition) is 4. The Kier molecular flexibility index (Phi) is 13.0. The minimum absolute atomic E-state index is 0.0914. The lowest BCUT2D eigenvalue weighted by Gasteiger charge is -2.10. The van der Waals surface area contributed by atoms with Crippen LogP contribution in [0.25, 0.3) is 0 Å². The highest BCUT2D eigenvalue weighted by Gasteiger charge is 2.33. The fourth-order valence-electron chi connectivity index (χ4n) is 3.00. The molecule has 0 amide bonds. The van der Waals surface area contributed by atoms with E-state index in [1.54, 1.807) is 0 Å². The van der Waals surface area contributed by atoms with Crippen molar-refractivity contribution in [3.05, 3.63) is 12.2 Å². The lowest BCUT2D eigenvalue weighted by atomic mass is 10.1. The van der Waals surface area contributed by atoms with Crippen LogP contribution in [0.5, 0.6) is 0 Å². The van der Waals surface area contributed by atoms with Crippen LogP contribution in [-0.2, 0) is 18.6 Å². The Bertz CT molecular complexity index is 449. The average molecular weight is 388 g/mol. The van der Waals surface area contributed by atoms with Gasteiger partial charge in [0.15, 0.2) is 0 Å². The van der Waals surface area contributed by atoms with E-state index in [9.17, 15) is 14.3 Å². The van der Waals surface area contributed by atoms with Gasteiger partial charge in [-0.25, -0.2) is 0 Å². The molecule has 1 heterocycles. The predicted octanol–water partition coefficient (Wildman–Crippen LogP) is 5.76. The van der Waals surface area contributed by atoms with E-state index in [0.717, 1.165) is 25.7 Å². The number of rotatable bonds is 15. The van der Waals surface area contributed by atoms with Crippen molar-refractivity contribution in [2.45, 2.75) is 96.5 Å². The molecule has 1 saturated heterocycles. The van der Waals surface area contributed by atoms with Crippen LogP contribution in [0, 0.1) is 0 Å². The summed E-state index contributed by atoms with van der Waals surface area (Å²) >= 11 is 0. The van der Waals surface area contributed by atoms with E-state index in [1.165, 1.54) is 44.9 Å². The number of ether oxygens (including phenoxy) is 1. The van der Waals surface area contributed by atoms with Gasteiger partial charge in [-0.2, -0.15) is 0 Å². The Morgan fingerprint density at radius 2 is 1.69 bits per heavy atom. The van der Waals surface area contributed by atoms with E-state index in [0.29, 0.717) is 12.8 Å². The first-order valence-corrected chi connectivity index (χ1v) is 12.1. The molecule has 0 saturated carbocycles. The zero-order chi connectivity index (χ0) is 19.1. The highest BCUT2D eigenvalue weighted by atomic mass is 31.2. The molecule has 1 aliphatic heterocycles. The van der Waals surface area contributed by atoms with Crippen LogP contribution < -0.4 is 0 Å². The molecule has 1 aliphatic rings. The van der Waals surface area contributed by atoms with Gasteiger partial charge in [0.1, 0.15) is 12.7 Å². The van der Waals surface area contributed by atoms with E-state index in [2.05, 4.69) is 19.1 Å². The molecule has 0 aromatic rings. The second-order valence-corrected chi connectivity index (χ2v) is 9.12. The van der Waals surface area contributed by atoms with Gasteiger partial charge in [0.2, 0.25) is 0 Å². The van der Waals surface area contributed by atoms with Crippen molar-refractivity contribution in [2.24, 2.45) is 0 Å². The third-order valence-corrected chi connectivity index (χ3v) is 6.07.